The first-order valence-electron chi connectivity index (χ1n) is 10.1. The van der Waals surface area contributed by atoms with Gasteiger partial charge in [-0.25, -0.2) is 14.4 Å². The number of halogens is 2. The second-order valence-corrected chi connectivity index (χ2v) is 8.29. The lowest BCUT2D eigenvalue weighted by Gasteiger charge is -2.33. The molecule has 5 nitrogen and oxygen atoms in total. The highest BCUT2D eigenvalue weighted by Crippen LogP contribution is 2.16. The molecule has 3 rings (SSSR count). The van der Waals surface area contributed by atoms with E-state index in [1.807, 2.05) is 18.3 Å². The monoisotopic (exact) mass is 531 g/mol. The Balaban J connectivity index is 0.00000300. The molecule has 29 heavy (non-hydrogen) atoms. The minimum absolute atomic E-state index is 0. The quantitative estimate of drug-likeness (QED) is 0.320. The van der Waals surface area contributed by atoms with E-state index in [4.69, 9.17) is 4.99 Å². The molecule has 1 aliphatic rings. The van der Waals surface area contributed by atoms with Crippen LogP contribution in [0.3, 0.4) is 0 Å². The number of rotatable bonds is 7. The number of hydrogen-bond acceptors (Lipinski definition) is 4. The van der Waals surface area contributed by atoms with Crippen molar-refractivity contribution in [2.24, 2.45) is 4.99 Å². The van der Waals surface area contributed by atoms with E-state index in [9.17, 15) is 4.39 Å². The van der Waals surface area contributed by atoms with E-state index in [1.54, 1.807) is 11.3 Å². The standard InChI is InChI=1S/C21H30FN5S.HI/c1-3-19-13-24-20(28-19)14-25-21(23-4-2)26-18-9-11-27(12-10-18)15-16-5-7-17(22)8-6-16;/h5-8,13,18H,3-4,9-12,14-15H2,1-2H3,(H2,23,25,26);1H. The number of aryl methyl sites for hydroxylation is 1. The van der Waals surface area contributed by atoms with E-state index in [1.165, 1.54) is 17.0 Å². The number of guanidine groups is 1. The molecule has 1 aromatic heterocycles. The molecule has 0 bridgehead atoms. The predicted octanol–water partition coefficient (Wildman–Crippen LogP) is 4.18. The third kappa shape index (κ3) is 7.82. The molecule has 1 saturated heterocycles. The fourth-order valence-corrected chi connectivity index (χ4v) is 4.11. The summed E-state index contributed by atoms with van der Waals surface area (Å²) in [5.74, 6) is 0.693. The zero-order chi connectivity index (χ0) is 19.8. The van der Waals surface area contributed by atoms with Crippen molar-refractivity contribution in [1.29, 1.82) is 0 Å². The van der Waals surface area contributed by atoms with Crippen molar-refractivity contribution >= 4 is 41.3 Å². The van der Waals surface area contributed by atoms with E-state index in [2.05, 4.69) is 34.4 Å². The molecule has 1 aromatic carbocycles. The maximum atomic E-state index is 13.0. The number of nitrogens with zero attached hydrogens (tertiary/aromatic N) is 3. The largest absolute Gasteiger partial charge is 0.357 e. The Morgan fingerprint density at radius 2 is 1.97 bits per heavy atom. The Labute approximate surface area is 194 Å². The van der Waals surface area contributed by atoms with Gasteiger partial charge in [0, 0.05) is 43.3 Å². The molecule has 160 valence electrons. The van der Waals surface area contributed by atoms with Crippen LogP contribution in [0.1, 0.15) is 42.1 Å². The van der Waals surface area contributed by atoms with Crippen LogP contribution < -0.4 is 10.6 Å². The number of benzene rings is 1. The molecule has 2 aromatic rings. The fourth-order valence-electron chi connectivity index (χ4n) is 3.33. The predicted molar refractivity (Wildman–Crippen MR) is 130 cm³/mol. The second-order valence-electron chi connectivity index (χ2n) is 7.09. The van der Waals surface area contributed by atoms with Crippen LogP contribution in [0.15, 0.2) is 35.5 Å². The zero-order valence-electron chi connectivity index (χ0n) is 17.2. The number of thiazole rings is 1. The van der Waals surface area contributed by atoms with Crippen molar-refractivity contribution in [3.05, 3.63) is 51.7 Å². The van der Waals surface area contributed by atoms with E-state index >= 15 is 0 Å². The van der Waals surface area contributed by atoms with Gasteiger partial charge in [0.1, 0.15) is 10.8 Å². The molecule has 0 atom stereocenters. The summed E-state index contributed by atoms with van der Waals surface area (Å²) >= 11 is 1.74. The summed E-state index contributed by atoms with van der Waals surface area (Å²) in [6.45, 7) is 8.62. The minimum atomic E-state index is -0.175. The van der Waals surface area contributed by atoms with Crippen molar-refractivity contribution < 1.29 is 4.39 Å². The highest BCUT2D eigenvalue weighted by atomic mass is 127. The molecule has 0 spiro atoms. The topological polar surface area (TPSA) is 52.6 Å². The van der Waals surface area contributed by atoms with Crippen LogP contribution in [0.5, 0.6) is 0 Å². The maximum absolute atomic E-state index is 13.0. The van der Waals surface area contributed by atoms with Crippen molar-refractivity contribution in [2.75, 3.05) is 19.6 Å². The van der Waals surface area contributed by atoms with Gasteiger partial charge in [-0.3, -0.25) is 4.90 Å². The van der Waals surface area contributed by atoms with Gasteiger partial charge in [0.2, 0.25) is 0 Å². The van der Waals surface area contributed by atoms with E-state index in [-0.39, 0.29) is 29.8 Å². The van der Waals surface area contributed by atoms with Crippen LogP contribution in [0.2, 0.25) is 0 Å². The van der Waals surface area contributed by atoms with Crippen LogP contribution in [0.4, 0.5) is 4.39 Å². The SMILES string of the molecule is CCNC(=NCc1ncc(CC)s1)NC1CCN(Cc2ccc(F)cc2)CC1.I. The van der Waals surface area contributed by atoms with Crippen LogP contribution in [0.25, 0.3) is 0 Å². The Morgan fingerprint density at radius 1 is 1.24 bits per heavy atom. The maximum Gasteiger partial charge on any atom is 0.191 e. The summed E-state index contributed by atoms with van der Waals surface area (Å²) in [6, 6.07) is 7.24. The van der Waals surface area contributed by atoms with Gasteiger partial charge in [-0.1, -0.05) is 19.1 Å². The summed E-state index contributed by atoms with van der Waals surface area (Å²) in [6.07, 6.45) is 5.12. The third-order valence-corrected chi connectivity index (χ3v) is 6.04. The molecule has 2 N–H and O–H groups in total. The third-order valence-electron chi connectivity index (χ3n) is 4.91. The van der Waals surface area contributed by atoms with E-state index in [0.717, 1.165) is 62.0 Å². The van der Waals surface area contributed by atoms with Crippen molar-refractivity contribution in [3.63, 3.8) is 0 Å². The normalized spacial score (nSPS) is 15.8. The molecular formula is C21H31FIN5S. The van der Waals surface area contributed by atoms with Crippen molar-refractivity contribution in [3.8, 4) is 0 Å². The number of piperidine rings is 1. The molecule has 0 aliphatic carbocycles. The van der Waals surface area contributed by atoms with Crippen molar-refractivity contribution in [1.82, 2.24) is 20.5 Å². The van der Waals surface area contributed by atoms with Crippen LogP contribution in [-0.2, 0) is 19.5 Å². The number of aliphatic imine (C=N–C) groups is 1. The van der Waals surface area contributed by atoms with Gasteiger partial charge < -0.3 is 10.6 Å². The zero-order valence-corrected chi connectivity index (χ0v) is 20.3. The van der Waals surface area contributed by atoms with Gasteiger partial charge in [-0.15, -0.1) is 35.3 Å². The molecule has 1 fully saturated rings. The summed E-state index contributed by atoms with van der Waals surface area (Å²) in [4.78, 5) is 12.9. The minimum Gasteiger partial charge on any atom is -0.357 e. The molecule has 0 amide bonds. The molecule has 8 heteroatoms. The first-order chi connectivity index (χ1) is 13.7. The van der Waals surface area contributed by atoms with Crippen LogP contribution in [-0.4, -0.2) is 41.5 Å². The number of likely N-dealkylation sites (tertiary alicyclic amines) is 1. The average molecular weight is 531 g/mol. The van der Waals surface area contributed by atoms with Gasteiger partial charge in [-0.05, 0) is 43.9 Å². The average Bonchev–Trinajstić information content (AvgIpc) is 3.18. The first-order valence-corrected chi connectivity index (χ1v) is 10.9. The van der Waals surface area contributed by atoms with Crippen LogP contribution in [0, 0.1) is 5.82 Å². The van der Waals surface area contributed by atoms with Gasteiger partial charge in [0.05, 0.1) is 6.54 Å². The number of nitrogens with one attached hydrogen (secondary N) is 2. The van der Waals surface area contributed by atoms with Crippen LogP contribution >= 0.6 is 35.3 Å². The lowest BCUT2D eigenvalue weighted by atomic mass is 10.0. The first kappa shape index (κ1) is 24.0. The summed E-state index contributed by atoms with van der Waals surface area (Å²) < 4.78 is 13.0. The number of hydrogen-bond donors (Lipinski definition) is 2. The highest BCUT2D eigenvalue weighted by molar-refractivity contribution is 14.0. The molecule has 0 saturated carbocycles. The summed E-state index contributed by atoms with van der Waals surface area (Å²) in [5, 5.41) is 7.98. The fraction of sp³-hybridized carbons (Fsp3) is 0.524. The van der Waals surface area contributed by atoms with Gasteiger partial charge in [-0.2, -0.15) is 0 Å². The summed E-state index contributed by atoms with van der Waals surface area (Å²) in [5.41, 5.74) is 1.16. The molecular weight excluding hydrogens is 500 g/mol. The number of aromatic nitrogens is 1. The highest BCUT2D eigenvalue weighted by Gasteiger charge is 2.20. The second kappa shape index (κ2) is 12.4. The molecule has 0 unspecified atom stereocenters. The Morgan fingerprint density at radius 3 is 2.59 bits per heavy atom. The lowest BCUT2D eigenvalue weighted by Crippen LogP contribution is -2.48. The Bertz CT molecular complexity index is 757. The Hall–Kier alpha value is -1.26. The van der Waals surface area contributed by atoms with E-state index in [0.29, 0.717) is 12.6 Å². The van der Waals surface area contributed by atoms with Gasteiger partial charge in [0.15, 0.2) is 5.96 Å². The lowest BCUT2D eigenvalue weighted by molar-refractivity contribution is 0.198. The Kier molecular flexibility index (Phi) is 10.3. The van der Waals surface area contributed by atoms with Crippen molar-refractivity contribution in [2.45, 2.75) is 52.2 Å². The van der Waals surface area contributed by atoms with E-state index < -0.39 is 0 Å². The molecule has 1 aliphatic heterocycles. The summed E-state index contributed by atoms with van der Waals surface area (Å²) in [7, 11) is 0. The van der Waals surface area contributed by atoms with Gasteiger partial charge >= 0.3 is 0 Å². The molecule has 0 radical (unpaired) electrons. The molecule has 2 heterocycles. The smallest absolute Gasteiger partial charge is 0.191 e. The van der Waals surface area contributed by atoms with Gasteiger partial charge in [0.25, 0.3) is 0 Å².